The first kappa shape index (κ1) is 24.3. The Morgan fingerprint density at radius 3 is 2.50 bits per heavy atom. The van der Waals surface area contributed by atoms with Gasteiger partial charge in [0.15, 0.2) is 0 Å². The van der Waals surface area contributed by atoms with Gasteiger partial charge in [-0.3, -0.25) is 14.5 Å². The maximum Gasteiger partial charge on any atom is 0.127 e. The van der Waals surface area contributed by atoms with Crippen molar-refractivity contribution in [3.63, 3.8) is 0 Å². The Morgan fingerprint density at radius 2 is 1.85 bits per heavy atom. The molecule has 3 aromatic rings. The standard InChI is InChI=1S/C28H38N4O2/c1-21-24(19-31(3)29-21)18-30(2)26(17-22-9-6-5-7-10-22)23-13-15-32(16-14-23)20-25-27(33)11-8-12-28(25)34-4/h5-12,19,23,26,33H,13-18,20H2,1-4H3. The summed E-state index contributed by atoms with van der Waals surface area (Å²) >= 11 is 0. The molecule has 0 amide bonds. The molecule has 1 aliphatic heterocycles. The number of ether oxygens (including phenoxy) is 1. The average molecular weight is 463 g/mol. The average Bonchev–Trinajstić information content (AvgIpc) is 3.16. The summed E-state index contributed by atoms with van der Waals surface area (Å²) in [6, 6.07) is 16.8. The molecule has 1 N–H and O–H groups in total. The second kappa shape index (κ2) is 11.1. The Morgan fingerprint density at radius 1 is 1.12 bits per heavy atom. The minimum atomic E-state index is 0.315. The van der Waals surface area contributed by atoms with Gasteiger partial charge < -0.3 is 9.84 Å². The lowest BCUT2D eigenvalue weighted by molar-refractivity contribution is 0.0945. The summed E-state index contributed by atoms with van der Waals surface area (Å²) in [5.41, 5.74) is 4.68. The molecule has 1 aliphatic rings. The Balaban J connectivity index is 1.45. The highest BCUT2D eigenvalue weighted by Crippen LogP contribution is 2.32. The third-order valence-corrected chi connectivity index (χ3v) is 7.28. The number of piperidine rings is 1. The van der Waals surface area contributed by atoms with Crippen LogP contribution in [0.3, 0.4) is 0 Å². The van der Waals surface area contributed by atoms with Gasteiger partial charge in [-0.2, -0.15) is 5.10 Å². The van der Waals surface area contributed by atoms with Gasteiger partial charge in [0, 0.05) is 43.5 Å². The van der Waals surface area contributed by atoms with Crippen LogP contribution >= 0.6 is 0 Å². The molecule has 0 aliphatic carbocycles. The molecule has 1 aromatic heterocycles. The van der Waals surface area contributed by atoms with Crippen LogP contribution in [0, 0.1) is 12.8 Å². The molecule has 6 heteroatoms. The summed E-state index contributed by atoms with van der Waals surface area (Å²) in [7, 11) is 5.92. The topological polar surface area (TPSA) is 53.8 Å². The molecule has 2 heterocycles. The van der Waals surface area contributed by atoms with Crippen LogP contribution in [0.4, 0.5) is 0 Å². The van der Waals surface area contributed by atoms with Crippen molar-refractivity contribution >= 4 is 0 Å². The maximum absolute atomic E-state index is 10.4. The summed E-state index contributed by atoms with van der Waals surface area (Å²) < 4.78 is 7.41. The van der Waals surface area contributed by atoms with E-state index >= 15 is 0 Å². The predicted octanol–water partition coefficient (Wildman–Crippen LogP) is 4.40. The van der Waals surface area contributed by atoms with Crippen molar-refractivity contribution in [3.8, 4) is 11.5 Å². The van der Waals surface area contributed by atoms with E-state index in [0.717, 1.165) is 62.4 Å². The fourth-order valence-electron chi connectivity index (χ4n) is 5.35. The predicted molar refractivity (Wildman–Crippen MR) is 136 cm³/mol. The van der Waals surface area contributed by atoms with Crippen LogP contribution in [0.2, 0.25) is 0 Å². The number of hydrogen-bond donors (Lipinski definition) is 1. The van der Waals surface area contributed by atoms with E-state index in [0.29, 0.717) is 17.7 Å². The molecule has 1 saturated heterocycles. The number of rotatable bonds is 9. The molecule has 4 rings (SSSR count). The zero-order valence-corrected chi connectivity index (χ0v) is 20.9. The van der Waals surface area contributed by atoms with Gasteiger partial charge in [-0.05, 0) is 69.9 Å². The van der Waals surface area contributed by atoms with E-state index in [1.807, 2.05) is 23.9 Å². The molecule has 182 valence electrons. The van der Waals surface area contributed by atoms with Crippen molar-refractivity contribution in [2.45, 2.75) is 45.3 Å². The maximum atomic E-state index is 10.4. The van der Waals surface area contributed by atoms with E-state index < -0.39 is 0 Å². The first-order chi connectivity index (χ1) is 16.4. The van der Waals surface area contributed by atoms with Gasteiger partial charge in [-0.1, -0.05) is 36.4 Å². The van der Waals surface area contributed by atoms with E-state index in [1.54, 1.807) is 13.2 Å². The number of aromatic nitrogens is 2. The Labute approximate surface area is 203 Å². The molecule has 0 saturated carbocycles. The first-order valence-corrected chi connectivity index (χ1v) is 12.2. The molecule has 1 fully saturated rings. The minimum absolute atomic E-state index is 0.315. The first-order valence-electron chi connectivity index (χ1n) is 12.2. The molecule has 34 heavy (non-hydrogen) atoms. The Kier molecular flexibility index (Phi) is 7.91. The number of phenols is 1. The number of likely N-dealkylation sites (N-methyl/N-ethyl adjacent to an activating group) is 1. The van der Waals surface area contributed by atoms with Crippen molar-refractivity contribution in [1.29, 1.82) is 0 Å². The summed E-state index contributed by atoms with van der Waals surface area (Å²) in [6.07, 6.45) is 5.48. The molecule has 6 nitrogen and oxygen atoms in total. The zero-order valence-electron chi connectivity index (χ0n) is 20.9. The lowest BCUT2D eigenvalue weighted by Crippen LogP contribution is -2.45. The molecule has 1 atom stereocenters. The summed E-state index contributed by atoms with van der Waals surface area (Å²) in [4.78, 5) is 4.97. The van der Waals surface area contributed by atoms with Crippen molar-refractivity contribution < 1.29 is 9.84 Å². The van der Waals surface area contributed by atoms with Crippen LogP contribution in [0.15, 0.2) is 54.7 Å². The molecule has 0 radical (unpaired) electrons. The molecular weight excluding hydrogens is 424 g/mol. The van der Waals surface area contributed by atoms with Gasteiger partial charge >= 0.3 is 0 Å². The molecule has 1 unspecified atom stereocenters. The highest BCUT2D eigenvalue weighted by atomic mass is 16.5. The molecule has 0 spiro atoms. The molecular formula is C28H38N4O2. The fourth-order valence-corrected chi connectivity index (χ4v) is 5.35. The van der Waals surface area contributed by atoms with Crippen molar-refractivity contribution in [1.82, 2.24) is 19.6 Å². The minimum Gasteiger partial charge on any atom is -0.507 e. The number of likely N-dealkylation sites (tertiary alicyclic amines) is 1. The number of nitrogens with zero attached hydrogens (tertiary/aromatic N) is 4. The van der Waals surface area contributed by atoms with E-state index in [-0.39, 0.29) is 0 Å². The van der Waals surface area contributed by atoms with E-state index in [1.165, 1.54) is 11.1 Å². The third-order valence-electron chi connectivity index (χ3n) is 7.28. The van der Waals surface area contributed by atoms with Crippen LogP contribution in [0.25, 0.3) is 0 Å². The van der Waals surface area contributed by atoms with Crippen molar-refractivity contribution in [3.05, 3.63) is 77.1 Å². The quantitative estimate of drug-likeness (QED) is 0.511. The Bertz CT molecular complexity index is 1060. The van der Waals surface area contributed by atoms with Gasteiger partial charge in [-0.25, -0.2) is 0 Å². The van der Waals surface area contributed by atoms with Crippen molar-refractivity contribution in [2.75, 3.05) is 27.2 Å². The van der Waals surface area contributed by atoms with Crippen LogP contribution in [-0.4, -0.2) is 58.0 Å². The third kappa shape index (κ3) is 5.80. The van der Waals surface area contributed by atoms with E-state index in [4.69, 9.17) is 4.74 Å². The number of benzene rings is 2. The lowest BCUT2D eigenvalue weighted by atomic mass is 9.84. The van der Waals surface area contributed by atoms with Crippen LogP contribution in [-0.2, 0) is 26.6 Å². The van der Waals surface area contributed by atoms with Gasteiger partial charge in [0.1, 0.15) is 11.5 Å². The zero-order chi connectivity index (χ0) is 24.1. The smallest absolute Gasteiger partial charge is 0.127 e. The van der Waals surface area contributed by atoms with Gasteiger partial charge in [-0.15, -0.1) is 0 Å². The molecule has 0 bridgehead atoms. The van der Waals surface area contributed by atoms with Crippen molar-refractivity contribution in [2.24, 2.45) is 13.0 Å². The van der Waals surface area contributed by atoms with Crippen LogP contribution in [0.1, 0.15) is 35.2 Å². The number of aryl methyl sites for hydroxylation is 2. The SMILES string of the molecule is COc1cccc(O)c1CN1CCC(C(Cc2ccccc2)N(C)Cc2cn(C)nc2C)CC1. The van der Waals surface area contributed by atoms with E-state index in [2.05, 4.69) is 65.4 Å². The number of phenolic OH excluding ortho intramolecular Hbond substituents is 1. The van der Waals surface area contributed by atoms with Crippen LogP contribution < -0.4 is 4.74 Å². The van der Waals surface area contributed by atoms with E-state index in [9.17, 15) is 5.11 Å². The normalized spacial score (nSPS) is 16.1. The lowest BCUT2D eigenvalue weighted by Gasteiger charge is -2.40. The highest BCUT2D eigenvalue weighted by molar-refractivity contribution is 5.43. The largest absolute Gasteiger partial charge is 0.507 e. The van der Waals surface area contributed by atoms with Gasteiger partial charge in [0.25, 0.3) is 0 Å². The van der Waals surface area contributed by atoms with Gasteiger partial charge in [0.2, 0.25) is 0 Å². The Hall–Kier alpha value is -2.83. The number of aromatic hydroxyl groups is 1. The number of methoxy groups -OCH3 is 1. The monoisotopic (exact) mass is 462 g/mol. The summed E-state index contributed by atoms with van der Waals surface area (Å²) in [5.74, 6) is 1.69. The second-order valence-corrected chi connectivity index (χ2v) is 9.66. The second-order valence-electron chi connectivity index (χ2n) is 9.66. The summed E-state index contributed by atoms with van der Waals surface area (Å²) in [5, 5.41) is 14.9. The molecule has 2 aromatic carbocycles. The highest BCUT2D eigenvalue weighted by Gasteiger charge is 2.30. The fraction of sp³-hybridized carbons (Fsp3) is 0.464. The number of hydrogen-bond acceptors (Lipinski definition) is 5. The summed E-state index contributed by atoms with van der Waals surface area (Å²) in [6.45, 7) is 5.77. The van der Waals surface area contributed by atoms with Crippen LogP contribution in [0.5, 0.6) is 11.5 Å². The van der Waals surface area contributed by atoms with Gasteiger partial charge in [0.05, 0.1) is 12.8 Å².